The summed E-state index contributed by atoms with van der Waals surface area (Å²) in [4.78, 5) is 17.5. The van der Waals surface area contributed by atoms with Crippen molar-refractivity contribution in [3.05, 3.63) is 0 Å². The number of nitrogens with two attached hydrogens (primary N) is 2. The van der Waals surface area contributed by atoms with E-state index in [1.807, 2.05) is 0 Å². The van der Waals surface area contributed by atoms with Gasteiger partial charge < -0.3 is 11.5 Å². The highest BCUT2D eigenvalue weighted by Gasteiger charge is 2.10. The molecular weight excluding hydrogens is 120 g/mol. The molecule has 1 heterocycles. The molecule has 9 heavy (non-hydrogen) atoms. The zero-order valence-electron chi connectivity index (χ0n) is 4.66. The molecule has 0 aromatic rings. The summed E-state index contributed by atoms with van der Waals surface area (Å²) in [6.07, 6.45) is 0. The van der Waals surface area contributed by atoms with Gasteiger partial charge >= 0.3 is 0 Å². The Kier molecular flexibility index (Phi) is 1.18. The molecule has 0 atom stereocenters. The second-order valence-electron chi connectivity index (χ2n) is 1.61. The van der Waals surface area contributed by atoms with Crippen molar-refractivity contribution in [3.63, 3.8) is 0 Å². The molecule has 0 aliphatic carbocycles. The number of aliphatic imine (C=N–C) groups is 2. The lowest BCUT2D eigenvalue weighted by molar-refractivity contribution is -0.112. The number of carbonyl (C=O) groups is 1. The van der Waals surface area contributed by atoms with Crippen molar-refractivity contribution in [2.45, 2.75) is 0 Å². The van der Waals surface area contributed by atoms with E-state index in [1.54, 1.807) is 0 Å². The van der Waals surface area contributed by atoms with E-state index in [2.05, 4.69) is 9.98 Å². The zero-order valence-corrected chi connectivity index (χ0v) is 4.66. The van der Waals surface area contributed by atoms with Crippen molar-refractivity contribution in [1.82, 2.24) is 0 Å². The number of amides is 1. The maximum absolute atomic E-state index is 10.3. The summed E-state index contributed by atoms with van der Waals surface area (Å²) in [5, 5.41) is 0. The number of amidine groups is 2. The maximum atomic E-state index is 10.3. The fourth-order valence-electron chi connectivity index (χ4n) is 0.496. The van der Waals surface area contributed by atoms with Crippen LogP contribution in [0.3, 0.4) is 0 Å². The quantitative estimate of drug-likeness (QED) is 0.435. The maximum Gasteiger partial charge on any atom is 0.286 e. The minimum atomic E-state index is -0.629. The number of primary amides is 1. The average molecular weight is 126 g/mol. The Hall–Kier alpha value is -1.39. The summed E-state index contributed by atoms with van der Waals surface area (Å²) >= 11 is 0. The average Bonchev–Trinajstić information content (AvgIpc) is 2.14. The normalized spacial score (nSPS) is 16.9. The molecule has 1 amide bonds. The van der Waals surface area contributed by atoms with E-state index < -0.39 is 5.91 Å². The van der Waals surface area contributed by atoms with Crippen molar-refractivity contribution in [2.75, 3.05) is 6.54 Å². The highest BCUT2D eigenvalue weighted by atomic mass is 16.1. The third-order valence-corrected chi connectivity index (χ3v) is 0.861. The monoisotopic (exact) mass is 126 g/mol. The number of nitrogens with zero attached hydrogens (tertiary/aromatic N) is 2. The molecule has 1 rings (SSSR count). The van der Waals surface area contributed by atoms with Gasteiger partial charge in [-0.2, -0.15) is 0 Å². The molecule has 5 heteroatoms. The third kappa shape index (κ3) is 1.04. The van der Waals surface area contributed by atoms with Crippen LogP contribution in [0.5, 0.6) is 0 Å². The Morgan fingerprint density at radius 3 is 2.56 bits per heavy atom. The first-order valence-corrected chi connectivity index (χ1v) is 2.37. The fraction of sp³-hybridized carbons (Fsp3) is 0.250. The van der Waals surface area contributed by atoms with Crippen molar-refractivity contribution in [3.8, 4) is 0 Å². The van der Waals surface area contributed by atoms with Crippen molar-refractivity contribution >= 4 is 17.6 Å². The number of hydrogen-bond acceptors (Lipinski definition) is 4. The van der Waals surface area contributed by atoms with Crippen LogP contribution in [0.25, 0.3) is 0 Å². The van der Waals surface area contributed by atoms with Gasteiger partial charge in [0.2, 0.25) is 5.84 Å². The Balaban J connectivity index is 2.75. The molecule has 5 nitrogen and oxygen atoms in total. The summed E-state index contributed by atoms with van der Waals surface area (Å²) in [7, 11) is 0. The molecule has 0 fully saturated rings. The Labute approximate surface area is 51.5 Å². The summed E-state index contributed by atoms with van der Waals surface area (Å²) in [5.41, 5.74) is 10.0. The van der Waals surface area contributed by atoms with E-state index in [0.717, 1.165) is 0 Å². The lowest BCUT2D eigenvalue weighted by Gasteiger charge is -1.83. The first-order valence-electron chi connectivity index (χ1n) is 2.37. The summed E-state index contributed by atoms with van der Waals surface area (Å²) in [6, 6.07) is 0. The van der Waals surface area contributed by atoms with Crippen LogP contribution >= 0.6 is 0 Å². The second kappa shape index (κ2) is 1.85. The summed E-state index contributed by atoms with van der Waals surface area (Å²) in [5.74, 6) is -0.272. The van der Waals surface area contributed by atoms with Crippen LogP contribution in [0, 0.1) is 0 Å². The van der Waals surface area contributed by atoms with Gasteiger partial charge in [-0.1, -0.05) is 0 Å². The van der Waals surface area contributed by atoms with Gasteiger partial charge in [0.1, 0.15) is 5.84 Å². The van der Waals surface area contributed by atoms with Crippen LogP contribution in [-0.4, -0.2) is 24.1 Å². The Morgan fingerprint density at radius 1 is 1.67 bits per heavy atom. The van der Waals surface area contributed by atoms with Crippen LogP contribution in [0.4, 0.5) is 0 Å². The van der Waals surface area contributed by atoms with Gasteiger partial charge in [-0.15, -0.1) is 0 Å². The highest BCUT2D eigenvalue weighted by molar-refractivity contribution is 6.40. The van der Waals surface area contributed by atoms with Crippen LogP contribution in [0.2, 0.25) is 0 Å². The largest absolute Gasteiger partial charge is 0.386 e. The molecule has 4 N–H and O–H groups in total. The molecule has 1 aliphatic heterocycles. The fourth-order valence-corrected chi connectivity index (χ4v) is 0.496. The molecule has 48 valence electrons. The lowest BCUT2D eigenvalue weighted by Crippen LogP contribution is -2.20. The van der Waals surface area contributed by atoms with Crippen molar-refractivity contribution < 1.29 is 4.79 Å². The molecule has 0 saturated carbocycles. The molecule has 0 unspecified atom stereocenters. The number of hydrogen-bond donors (Lipinski definition) is 2. The molecule has 1 aliphatic rings. The first-order chi connectivity index (χ1) is 4.20. The molecule has 0 spiro atoms. The third-order valence-electron chi connectivity index (χ3n) is 0.861. The van der Waals surface area contributed by atoms with Crippen molar-refractivity contribution in [1.29, 1.82) is 0 Å². The van der Waals surface area contributed by atoms with Gasteiger partial charge in [0.25, 0.3) is 5.91 Å². The van der Waals surface area contributed by atoms with Gasteiger partial charge in [0, 0.05) is 0 Å². The SMILES string of the molecule is NC(=O)C1=NCC(N)=N1. The van der Waals surface area contributed by atoms with Crippen LogP contribution in [-0.2, 0) is 4.79 Å². The van der Waals surface area contributed by atoms with Gasteiger partial charge in [-0.05, 0) is 0 Å². The second-order valence-corrected chi connectivity index (χ2v) is 1.61. The standard InChI is InChI=1S/C4H6N4O/c5-2-1-7-4(8-2)3(6)9/h1H2,(H2,6,9)(H2,5,7,8). The predicted molar refractivity (Wildman–Crippen MR) is 33.1 cm³/mol. The van der Waals surface area contributed by atoms with E-state index in [9.17, 15) is 4.79 Å². The molecule has 0 aromatic heterocycles. The first kappa shape index (κ1) is 5.74. The molecule has 0 saturated heterocycles. The van der Waals surface area contributed by atoms with Crippen LogP contribution in [0.15, 0.2) is 9.98 Å². The van der Waals surface area contributed by atoms with E-state index in [4.69, 9.17) is 11.5 Å². The molecule has 0 bridgehead atoms. The molecule has 0 aromatic carbocycles. The Bertz CT molecular complexity index is 205. The van der Waals surface area contributed by atoms with Crippen molar-refractivity contribution in [2.24, 2.45) is 21.5 Å². The molecular formula is C4H6N4O. The zero-order chi connectivity index (χ0) is 6.85. The minimum absolute atomic E-state index is 0.0208. The van der Waals surface area contributed by atoms with Crippen LogP contribution in [0.1, 0.15) is 0 Å². The van der Waals surface area contributed by atoms with E-state index in [-0.39, 0.29) is 12.4 Å². The number of rotatable bonds is 1. The summed E-state index contributed by atoms with van der Waals surface area (Å²) in [6.45, 7) is 0.290. The molecule has 0 radical (unpaired) electrons. The lowest BCUT2D eigenvalue weighted by atomic mass is 10.6. The highest BCUT2D eigenvalue weighted by Crippen LogP contribution is 1.90. The van der Waals surface area contributed by atoms with Gasteiger partial charge in [0.15, 0.2) is 0 Å². The van der Waals surface area contributed by atoms with Crippen LogP contribution < -0.4 is 11.5 Å². The summed E-state index contributed by atoms with van der Waals surface area (Å²) < 4.78 is 0. The van der Waals surface area contributed by atoms with E-state index in [1.165, 1.54) is 0 Å². The Morgan fingerprint density at radius 2 is 2.33 bits per heavy atom. The minimum Gasteiger partial charge on any atom is -0.386 e. The van der Waals surface area contributed by atoms with E-state index >= 15 is 0 Å². The van der Waals surface area contributed by atoms with Gasteiger partial charge in [-0.25, -0.2) is 4.99 Å². The van der Waals surface area contributed by atoms with Gasteiger partial charge in [-0.3, -0.25) is 9.79 Å². The predicted octanol–water partition coefficient (Wildman–Crippen LogP) is -1.76. The topological polar surface area (TPSA) is 93.8 Å². The van der Waals surface area contributed by atoms with Gasteiger partial charge in [0.05, 0.1) is 6.54 Å². The van der Waals surface area contributed by atoms with E-state index in [0.29, 0.717) is 5.84 Å². The smallest absolute Gasteiger partial charge is 0.286 e. The number of carbonyl (C=O) groups excluding carboxylic acids is 1.